The highest BCUT2D eigenvalue weighted by molar-refractivity contribution is 7.80. The van der Waals surface area contributed by atoms with Crippen LogP contribution in [0.1, 0.15) is 12.5 Å². The fourth-order valence-electron chi connectivity index (χ4n) is 1.66. The number of halogens is 3. The van der Waals surface area contributed by atoms with E-state index >= 15 is 0 Å². The van der Waals surface area contributed by atoms with Crippen molar-refractivity contribution in [3.8, 4) is 0 Å². The van der Waals surface area contributed by atoms with E-state index in [1.807, 2.05) is 0 Å². The van der Waals surface area contributed by atoms with E-state index in [9.17, 15) is 18.0 Å². The number of hydrogen-bond donors (Lipinski definition) is 2. The summed E-state index contributed by atoms with van der Waals surface area (Å²) in [7, 11) is 1.23. The molecule has 0 saturated heterocycles. The van der Waals surface area contributed by atoms with Gasteiger partial charge in [-0.1, -0.05) is 24.4 Å². The third kappa shape index (κ3) is 5.31. The van der Waals surface area contributed by atoms with E-state index in [0.29, 0.717) is 11.3 Å². The van der Waals surface area contributed by atoms with Gasteiger partial charge in [0.2, 0.25) is 5.91 Å². The number of carbonyl (C=O) groups is 1. The van der Waals surface area contributed by atoms with Gasteiger partial charge in [0.25, 0.3) is 0 Å². The normalized spacial score (nSPS) is 13.0. The molecule has 8 heteroatoms. The standard InChI is InChI=1S/C13H16F3N3OS/c1-8(19(2)7-13(14,15)16)12(20)18-10-6-4-3-5-9(10)11(17)21/h3-6,8H,7H2,1-2H3,(H2,17,21)(H,18,20). The molecule has 1 atom stereocenters. The van der Waals surface area contributed by atoms with Crippen molar-refractivity contribution < 1.29 is 18.0 Å². The van der Waals surface area contributed by atoms with Crippen LogP contribution in [0, 0.1) is 0 Å². The van der Waals surface area contributed by atoms with Crippen molar-refractivity contribution in [1.82, 2.24) is 4.90 Å². The van der Waals surface area contributed by atoms with E-state index in [1.54, 1.807) is 24.3 Å². The van der Waals surface area contributed by atoms with Crippen LogP contribution in [0.3, 0.4) is 0 Å². The minimum atomic E-state index is -4.36. The number of para-hydroxylation sites is 1. The van der Waals surface area contributed by atoms with Crippen LogP contribution in [0.4, 0.5) is 18.9 Å². The molecule has 1 aromatic carbocycles. The maximum absolute atomic E-state index is 12.3. The lowest BCUT2D eigenvalue weighted by Gasteiger charge is -2.25. The second-order valence-corrected chi connectivity index (χ2v) is 5.05. The van der Waals surface area contributed by atoms with Gasteiger partial charge in [-0.05, 0) is 26.1 Å². The first-order chi connectivity index (χ1) is 9.61. The number of carbonyl (C=O) groups excluding carboxylic acids is 1. The van der Waals surface area contributed by atoms with Gasteiger partial charge in [0.15, 0.2) is 0 Å². The molecule has 1 rings (SSSR count). The summed E-state index contributed by atoms with van der Waals surface area (Å²) in [6, 6.07) is 5.63. The van der Waals surface area contributed by atoms with E-state index in [1.165, 1.54) is 14.0 Å². The first kappa shape index (κ1) is 17.4. The van der Waals surface area contributed by atoms with Crippen LogP contribution in [0.15, 0.2) is 24.3 Å². The van der Waals surface area contributed by atoms with E-state index in [4.69, 9.17) is 18.0 Å². The Morgan fingerprint density at radius 1 is 1.43 bits per heavy atom. The number of nitrogens with two attached hydrogens (primary N) is 1. The number of thiocarbonyl (C=S) groups is 1. The molecule has 0 radical (unpaired) electrons. The van der Waals surface area contributed by atoms with E-state index in [-0.39, 0.29) is 4.99 Å². The Morgan fingerprint density at radius 3 is 2.52 bits per heavy atom. The number of likely N-dealkylation sites (N-methyl/N-ethyl adjacent to an activating group) is 1. The Balaban J connectivity index is 2.80. The molecule has 0 saturated carbocycles. The van der Waals surface area contributed by atoms with Gasteiger partial charge in [-0.15, -0.1) is 0 Å². The van der Waals surface area contributed by atoms with Crippen LogP contribution in [-0.2, 0) is 4.79 Å². The van der Waals surface area contributed by atoms with Crippen molar-refractivity contribution in [2.24, 2.45) is 5.73 Å². The highest BCUT2D eigenvalue weighted by Crippen LogP contribution is 2.18. The Hall–Kier alpha value is -1.67. The Morgan fingerprint density at radius 2 is 2.00 bits per heavy atom. The third-order valence-corrected chi connectivity index (χ3v) is 3.14. The number of nitrogens with zero attached hydrogens (tertiary/aromatic N) is 1. The lowest BCUT2D eigenvalue weighted by atomic mass is 10.1. The number of hydrogen-bond acceptors (Lipinski definition) is 3. The number of nitrogens with one attached hydrogen (secondary N) is 1. The predicted molar refractivity (Wildman–Crippen MR) is 79.1 cm³/mol. The van der Waals surface area contributed by atoms with Gasteiger partial charge in [-0.3, -0.25) is 9.69 Å². The van der Waals surface area contributed by atoms with Gasteiger partial charge in [-0.2, -0.15) is 13.2 Å². The highest BCUT2D eigenvalue weighted by Gasteiger charge is 2.32. The maximum atomic E-state index is 12.3. The summed E-state index contributed by atoms with van der Waals surface area (Å²) >= 11 is 4.86. The van der Waals surface area contributed by atoms with Crippen molar-refractivity contribution >= 4 is 28.8 Å². The highest BCUT2D eigenvalue weighted by atomic mass is 32.1. The van der Waals surface area contributed by atoms with Crippen LogP contribution in [0.2, 0.25) is 0 Å². The van der Waals surface area contributed by atoms with E-state index in [2.05, 4.69) is 5.32 Å². The molecule has 0 spiro atoms. The van der Waals surface area contributed by atoms with Gasteiger partial charge in [-0.25, -0.2) is 0 Å². The van der Waals surface area contributed by atoms with Gasteiger partial charge in [0, 0.05) is 5.56 Å². The number of benzene rings is 1. The number of amides is 1. The van der Waals surface area contributed by atoms with Crippen LogP contribution in [0.25, 0.3) is 0 Å². The molecular weight excluding hydrogens is 303 g/mol. The van der Waals surface area contributed by atoms with Crippen LogP contribution in [-0.4, -0.2) is 41.6 Å². The zero-order valence-electron chi connectivity index (χ0n) is 11.6. The zero-order valence-corrected chi connectivity index (χ0v) is 12.4. The second-order valence-electron chi connectivity index (χ2n) is 4.61. The smallest absolute Gasteiger partial charge is 0.389 e. The van der Waals surface area contributed by atoms with Crippen molar-refractivity contribution in [2.45, 2.75) is 19.1 Å². The summed E-state index contributed by atoms with van der Waals surface area (Å²) in [5.41, 5.74) is 6.37. The maximum Gasteiger partial charge on any atom is 0.401 e. The largest absolute Gasteiger partial charge is 0.401 e. The molecule has 1 amide bonds. The predicted octanol–water partition coefficient (Wildman–Crippen LogP) is 2.14. The zero-order chi connectivity index (χ0) is 16.2. The molecule has 0 aliphatic rings. The summed E-state index contributed by atoms with van der Waals surface area (Å²) in [5.74, 6) is -0.564. The summed E-state index contributed by atoms with van der Waals surface area (Å²) < 4.78 is 37.0. The van der Waals surface area contributed by atoms with Gasteiger partial charge in [0.1, 0.15) is 4.99 Å². The monoisotopic (exact) mass is 319 g/mol. The van der Waals surface area contributed by atoms with Crippen molar-refractivity contribution in [2.75, 3.05) is 18.9 Å². The minimum Gasteiger partial charge on any atom is -0.389 e. The Labute approximate surface area is 126 Å². The Bertz CT molecular complexity index is 534. The first-order valence-corrected chi connectivity index (χ1v) is 6.49. The van der Waals surface area contributed by atoms with Crippen molar-refractivity contribution in [3.63, 3.8) is 0 Å². The number of alkyl halides is 3. The molecule has 4 nitrogen and oxygen atoms in total. The van der Waals surface area contributed by atoms with Crippen LogP contribution >= 0.6 is 12.2 Å². The second kappa shape index (κ2) is 6.86. The van der Waals surface area contributed by atoms with Crippen LogP contribution in [0.5, 0.6) is 0 Å². The molecule has 21 heavy (non-hydrogen) atoms. The van der Waals surface area contributed by atoms with Crippen molar-refractivity contribution in [3.05, 3.63) is 29.8 Å². The van der Waals surface area contributed by atoms with E-state index < -0.39 is 24.7 Å². The SMILES string of the molecule is CC(C(=O)Nc1ccccc1C(N)=S)N(C)CC(F)(F)F. The fraction of sp³-hybridized carbons (Fsp3) is 0.385. The van der Waals surface area contributed by atoms with Gasteiger partial charge < -0.3 is 11.1 Å². The number of anilines is 1. The van der Waals surface area contributed by atoms with Gasteiger partial charge in [0.05, 0.1) is 18.3 Å². The molecular formula is C13H16F3N3OS. The molecule has 0 aromatic heterocycles. The minimum absolute atomic E-state index is 0.0993. The lowest BCUT2D eigenvalue weighted by Crippen LogP contribution is -2.44. The molecule has 1 unspecified atom stereocenters. The van der Waals surface area contributed by atoms with Crippen molar-refractivity contribution in [1.29, 1.82) is 0 Å². The molecule has 0 bridgehead atoms. The fourth-order valence-corrected chi connectivity index (χ4v) is 1.84. The molecule has 0 aliphatic heterocycles. The first-order valence-electron chi connectivity index (χ1n) is 6.08. The number of rotatable bonds is 5. The van der Waals surface area contributed by atoms with E-state index in [0.717, 1.165) is 4.90 Å². The Kier molecular flexibility index (Phi) is 5.68. The molecule has 0 aliphatic carbocycles. The molecule has 3 N–H and O–H groups in total. The molecule has 116 valence electrons. The topological polar surface area (TPSA) is 58.4 Å². The average molecular weight is 319 g/mol. The summed E-state index contributed by atoms with van der Waals surface area (Å²) in [4.78, 5) is 13.0. The summed E-state index contributed by atoms with van der Waals surface area (Å²) in [6.45, 7) is 0.225. The molecule has 1 aromatic rings. The van der Waals surface area contributed by atoms with Gasteiger partial charge >= 0.3 is 6.18 Å². The van der Waals surface area contributed by atoms with Crippen LogP contribution < -0.4 is 11.1 Å². The third-order valence-electron chi connectivity index (χ3n) is 2.92. The lowest BCUT2D eigenvalue weighted by molar-refractivity contribution is -0.149. The quantitative estimate of drug-likeness (QED) is 0.817. The molecule has 0 fully saturated rings. The average Bonchev–Trinajstić information content (AvgIpc) is 2.36. The summed E-state index contributed by atoms with van der Waals surface area (Å²) in [5, 5.41) is 2.54. The molecule has 0 heterocycles. The summed E-state index contributed by atoms with van der Waals surface area (Å²) in [6.07, 6.45) is -4.36.